The van der Waals surface area contributed by atoms with Crippen LogP contribution in [0.3, 0.4) is 0 Å². The van der Waals surface area contributed by atoms with Crippen molar-refractivity contribution in [3.8, 4) is 118 Å². The van der Waals surface area contributed by atoms with E-state index >= 15 is 0 Å². The molecule has 1 heterocycles. The van der Waals surface area contributed by atoms with E-state index in [9.17, 15) is 0 Å². The topological polar surface area (TPSA) is 26.6 Å². The van der Waals surface area contributed by atoms with Crippen LogP contribution in [0.25, 0.3) is 117 Å². The van der Waals surface area contributed by atoms with Gasteiger partial charge in [0.25, 0.3) is 0 Å². The number of anilines is 1. The Morgan fingerprint density at radius 2 is 0.624 bits per heavy atom. The molecule has 0 atom stereocenters. The maximum Gasteiger partial charge on any atom is 0.130 e. The number of aromatic nitrogens is 1. The Hall–Kier alpha value is -14.8. The highest BCUT2D eigenvalue weighted by Gasteiger charge is 2.22. The zero-order valence-corrected chi connectivity index (χ0v) is 78.9. The predicted molar refractivity (Wildman–Crippen MR) is 573 cm³/mol. The van der Waals surface area contributed by atoms with Gasteiger partial charge in [0.05, 0.1) is 30.2 Å². The zero-order chi connectivity index (χ0) is 105. The van der Waals surface area contributed by atoms with Gasteiger partial charge in [-0.1, -0.05) is 440 Å². The van der Waals surface area contributed by atoms with Crippen molar-refractivity contribution in [3.63, 3.8) is 0 Å². The number of ether oxygens (including phenoxy) is 2. The van der Waals surface area contributed by atoms with Crippen molar-refractivity contribution in [2.45, 2.75) is 126 Å². The Morgan fingerprint density at radius 1 is 0.263 bits per heavy atom. The summed E-state index contributed by atoms with van der Waals surface area (Å²) < 4.78 is 126. The van der Waals surface area contributed by atoms with Gasteiger partial charge in [0.15, 0.2) is 0 Å². The summed E-state index contributed by atoms with van der Waals surface area (Å²) in [7, 11) is 4.17. The van der Waals surface area contributed by atoms with E-state index in [1.54, 1.807) is 37.3 Å². The van der Waals surface area contributed by atoms with Crippen LogP contribution in [0.15, 0.2) is 455 Å². The van der Waals surface area contributed by atoms with Crippen molar-refractivity contribution in [2.24, 2.45) is 0 Å². The van der Waals surface area contributed by atoms with E-state index in [1.165, 1.54) is 122 Å². The van der Waals surface area contributed by atoms with E-state index < -0.39 is 36.3 Å². The van der Waals surface area contributed by atoms with Crippen LogP contribution in [-0.2, 0) is 0 Å². The van der Waals surface area contributed by atoms with Gasteiger partial charge in [0.2, 0.25) is 0 Å². The lowest BCUT2D eigenvalue weighted by Gasteiger charge is -2.21. The SMILES string of the molecule is CC(C)c1c(-c2cc(-c3ccccc3)cc(-c3ccccc3)c2)cccc1-c1cc(-c2ccccc2)cc(-c2ccccc2)c1.CC(C)c1cccc2c3ccccc3n(-c3ccccc3)c12.CC(C)c1ccccc1N(C)C.CC(C)c1ccccc1Oc1ccccc1.[2H]c1c([2H])c([2H])c(-c2cc(-c3c([2H])c([2H])c([2H])c(C)c3[2H])cc(C(C)C)c2)c([2H])c1[2H].[2H]c1c([2H])c([2H])c(Oc2ccccc2C(C)C)c([2H])c1[2H]. The molecular formula is C129H126N2O2. The first-order valence-corrected chi connectivity index (χ1v) is 46.0. The van der Waals surface area contributed by atoms with Gasteiger partial charge < -0.3 is 18.9 Å². The molecule has 4 nitrogen and oxygen atoms in total. The standard InChI is InChI=1S/C45H36.C22H22.C21H19N.2C15H16O.C11H17N/c1-32(2)45-43(41-28-37(33-16-7-3-8-17-33)26-38(29-41)34-18-9-4-10-19-34)24-15-25-44(45)42-30-39(35-20-11-5-12-21-35)27-40(31-42)36-22-13-6-14-23-36;1-16(2)20-13-21(18-9-5-4-6-10-18)15-22(14-20)19-11-7-8-17(3)12-19;1-15(2)17-12-8-13-19-18-11-6-7-14-20(18)22(21(17)19)16-9-4-3-5-10-16;2*1-12(2)14-10-6-7-11-15(14)16-13-8-4-3-5-9-13;1-9(2)10-7-5-6-8-11(10)12(3)4/h3-32H,1-2H3;4-16H,1-3H3;3-15H,1-2H3;2*3-12H,1-2H3;5-9H,1-4H3/i;4D,5D,6D,7D,8D,9D,10D,11D,12D;;3D,4D,5D,8D,9D;;. The average molecular weight is 1750 g/mol. The van der Waals surface area contributed by atoms with Crippen LogP contribution in [-0.4, -0.2) is 18.7 Å². The second-order valence-electron chi connectivity index (χ2n) is 35.0. The molecule has 0 saturated carbocycles. The fourth-order valence-electron chi connectivity index (χ4n) is 16.6. The summed E-state index contributed by atoms with van der Waals surface area (Å²) in [4.78, 5) is 2.16. The molecule has 133 heavy (non-hydrogen) atoms. The minimum Gasteiger partial charge on any atom is -0.457 e. The second-order valence-corrected chi connectivity index (χ2v) is 35.0. The van der Waals surface area contributed by atoms with Crippen LogP contribution in [0, 0.1) is 6.92 Å². The molecule has 0 spiro atoms. The first-order valence-electron chi connectivity index (χ1n) is 53.0. The van der Waals surface area contributed by atoms with Crippen LogP contribution in [0.5, 0.6) is 23.0 Å². The van der Waals surface area contributed by atoms with E-state index in [1.807, 2.05) is 88.4 Å². The van der Waals surface area contributed by atoms with Crippen LogP contribution in [0.4, 0.5) is 5.69 Å². The summed E-state index contributed by atoms with van der Waals surface area (Å²) in [5, 5.41) is 2.66. The smallest absolute Gasteiger partial charge is 0.130 e. The number of hydrogen-bond acceptors (Lipinski definition) is 3. The highest BCUT2D eigenvalue weighted by molar-refractivity contribution is 6.10. The molecule has 664 valence electrons. The fourth-order valence-corrected chi connectivity index (χ4v) is 16.6. The number of rotatable bonds is 20. The van der Waals surface area contributed by atoms with Crippen molar-refractivity contribution in [2.75, 3.05) is 19.0 Å². The molecule has 18 aromatic carbocycles. The van der Waals surface area contributed by atoms with E-state index in [-0.39, 0.29) is 82.6 Å². The number of hydrogen-bond donors (Lipinski definition) is 0. The summed E-state index contributed by atoms with van der Waals surface area (Å²) in [6.45, 7) is 27.4. The minimum atomic E-state index is -0.471. The predicted octanol–water partition coefficient (Wildman–Crippen LogP) is 37.3. The first kappa shape index (κ1) is 77.0. The van der Waals surface area contributed by atoms with Crippen LogP contribution in [0.2, 0.25) is 0 Å². The van der Waals surface area contributed by atoms with Gasteiger partial charge >= 0.3 is 0 Å². The molecule has 0 aliphatic rings. The quantitative estimate of drug-likeness (QED) is 0.0761. The van der Waals surface area contributed by atoms with E-state index in [2.05, 4.69) is 358 Å². The molecule has 4 heteroatoms. The van der Waals surface area contributed by atoms with Gasteiger partial charge in [-0.25, -0.2) is 0 Å². The minimum absolute atomic E-state index is 0.0267. The summed E-state index contributed by atoms with van der Waals surface area (Å²) >= 11 is 0. The molecule has 0 bridgehead atoms. The molecule has 0 saturated heterocycles. The number of para-hydroxylation sites is 8. The van der Waals surface area contributed by atoms with E-state index in [0.29, 0.717) is 40.5 Å². The Morgan fingerprint density at radius 3 is 1.08 bits per heavy atom. The Labute approximate surface area is 811 Å². The molecule has 0 amide bonds. The van der Waals surface area contributed by atoms with Crippen LogP contribution < -0.4 is 14.4 Å². The largest absolute Gasteiger partial charge is 0.457 e. The zero-order valence-electron chi connectivity index (χ0n) is 92.9. The molecule has 0 unspecified atom stereocenters. The molecule has 19 aromatic rings. The molecular weight excluding hydrogens is 1610 g/mol. The Bertz CT molecular complexity index is 7340. The van der Waals surface area contributed by atoms with Gasteiger partial charge in [0, 0.05) is 36.2 Å². The molecule has 0 aliphatic carbocycles. The van der Waals surface area contributed by atoms with Crippen molar-refractivity contribution in [1.29, 1.82) is 0 Å². The highest BCUT2D eigenvalue weighted by Crippen LogP contribution is 2.45. The number of benzene rings is 18. The van der Waals surface area contributed by atoms with Crippen molar-refractivity contribution < 1.29 is 28.7 Å². The Kier molecular flexibility index (Phi) is 26.7. The maximum atomic E-state index is 8.46. The fraction of sp³-hybridized carbons (Fsp3) is 0.163. The maximum absolute atomic E-state index is 8.46. The monoisotopic (exact) mass is 1750 g/mol. The van der Waals surface area contributed by atoms with Gasteiger partial charge in [0.1, 0.15) is 23.0 Å². The highest BCUT2D eigenvalue weighted by atomic mass is 16.5. The summed E-state index contributed by atoms with van der Waals surface area (Å²) in [5.41, 5.74) is 28.5. The molecule has 19 rings (SSSR count). The van der Waals surface area contributed by atoms with Crippen molar-refractivity contribution >= 4 is 27.5 Å². The molecule has 0 aliphatic heterocycles. The third-order valence-corrected chi connectivity index (χ3v) is 23.2. The third kappa shape index (κ3) is 24.6. The number of fused-ring (bicyclic) bond motifs is 3. The van der Waals surface area contributed by atoms with Gasteiger partial charge in [-0.3, -0.25) is 0 Å². The van der Waals surface area contributed by atoms with Gasteiger partial charge in [-0.2, -0.15) is 0 Å². The lowest BCUT2D eigenvalue weighted by Crippen LogP contribution is -2.11. The molecule has 0 fully saturated rings. The van der Waals surface area contributed by atoms with Crippen molar-refractivity contribution in [3.05, 3.63) is 494 Å². The van der Waals surface area contributed by atoms with Crippen LogP contribution in [0.1, 0.15) is 177 Å². The second kappa shape index (κ2) is 46.1. The summed E-state index contributed by atoms with van der Waals surface area (Å²) in [5.74, 6) is 4.31. The Balaban J connectivity index is 0.000000147. The lowest BCUT2D eigenvalue weighted by molar-refractivity contribution is 0.473. The van der Waals surface area contributed by atoms with E-state index in [4.69, 9.17) is 28.7 Å². The summed E-state index contributed by atoms with van der Waals surface area (Å²) in [6, 6.07) is 124. The normalized spacial score (nSPS) is 12.4. The van der Waals surface area contributed by atoms with Gasteiger partial charge in [-0.15, -0.1) is 0 Å². The summed E-state index contributed by atoms with van der Waals surface area (Å²) in [6.07, 6.45) is 0. The molecule has 1 aromatic heterocycles. The van der Waals surface area contributed by atoms with Crippen molar-refractivity contribution in [1.82, 2.24) is 4.57 Å². The average Bonchev–Trinajstić information content (AvgIpc) is 1.59. The number of nitrogens with zero attached hydrogens (tertiary/aromatic N) is 2. The third-order valence-electron chi connectivity index (χ3n) is 23.2. The van der Waals surface area contributed by atoms with Crippen LogP contribution >= 0.6 is 0 Å². The first-order chi connectivity index (χ1) is 70.5. The van der Waals surface area contributed by atoms with E-state index in [0.717, 1.165) is 22.6 Å². The molecule has 0 radical (unpaired) electrons. The van der Waals surface area contributed by atoms with Gasteiger partial charge in [-0.05, 0) is 268 Å². The molecule has 0 N–H and O–H groups in total. The lowest BCUT2D eigenvalue weighted by atomic mass is 9.83.